The third-order valence-corrected chi connectivity index (χ3v) is 8.10. The van der Waals surface area contributed by atoms with Gasteiger partial charge in [0, 0.05) is 19.6 Å². The van der Waals surface area contributed by atoms with Gasteiger partial charge in [-0.05, 0) is 49.6 Å². The average Bonchev–Trinajstić information content (AvgIpc) is 3.04. The first-order chi connectivity index (χ1) is 13.5. The Morgan fingerprint density at radius 1 is 1.07 bits per heavy atom. The highest BCUT2D eigenvalue weighted by Crippen LogP contribution is 2.27. The Balaban J connectivity index is 1.61. The third kappa shape index (κ3) is 5.12. The first-order valence-corrected chi connectivity index (χ1v) is 11.9. The van der Waals surface area contributed by atoms with Crippen molar-refractivity contribution in [3.63, 3.8) is 0 Å². The first-order valence-electron chi connectivity index (χ1n) is 9.60. The smallest absolute Gasteiger partial charge is 0.261 e. The van der Waals surface area contributed by atoms with Gasteiger partial charge in [-0.25, -0.2) is 8.42 Å². The summed E-state index contributed by atoms with van der Waals surface area (Å²) < 4.78 is 32.9. The highest BCUT2D eigenvalue weighted by molar-refractivity contribution is 7.91. The quantitative estimate of drug-likeness (QED) is 0.739. The fourth-order valence-corrected chi connectivity index (χ4v) is 6.02. The largest absolute Gasteiger partial charge is 0.494 e. The van der Waals surface area contributed by atoms with Crippen molar-refractivity contribution in [2.45, 2.75) is 43.4 Å². The predicted molar refractivity (Wildman–Crippen MR) is 110 cm³/mol. The lowest BCUT2D eigenvalue weighted by Gasteiger charge is -2.18. The first kappa shape index (κ1) is 20.8. The zero-order valence-corrected chi connectivity index (χ0v) is 17.7. The summed E-state index contributed by atoms with van der Waals surface area (Å²) >= 11 is 1.03. The van der Waals surface area contributed by atoms with Crippen LogP contribution in [0.25, 0.3) is 0 Å². The van der Waals surface area contributed by atoms with Crippen molar-refractivity contribution in [1.82, 2.24) is 9.62 Å². The van der Waals surface area contributed by atoms with E-state index in [0.29, 0.717) is 31.1 Å². The van der Waals surface area contributed by atoms with Crippen LogP contribution in [-0.2, 0) is 16.6 Å². The van der Waals surface area contributed by atoms with Gasteiger partial charge in [-0.1, -0.05) is 25.0 Å². The summed E-state index contributed by atoms with van der Waals surface area (Å²) in [6.45, 7) is 4.02. The minimum absolute atomic E-state index is 0.237. The number of carbonyl (C=O) groups excluding carboxylic acids is 1. The molecule has 6 nitrogen and oxygen atoms in total. The van der Waals surface area contributed by atoms with Gasteiger partial charge in [0.1, 0.15) is 9.96 Å². The van der Waals surface area contributed by atoms with Crippen molar-refractivity contribution in [2.24, 2.45) is 0 Å². The van der Waals surface area contributed by atoms with E-state index in [0.717, 1.165) is 48.3 Å². The van der Waals surface area contributed by atoms with Crippen LogP contribution in [0.5, 0.6) is 5.75 Å². The highest BCUT2D eigenvalue weighted by atomic mass is 32.2. The molecule has 1 aromatic carbocycles. The van der Waals surface area contributed by atoms with Gasteiger partial charge in [0.15, 0.2) is 0 Å². The van der Waals surface area contributed by atoms with Crippen LogP contribution >= 0.6 is 11.3 Å². The van der Waals surface area contributed by atoms with Crippen LogP contribution in [0.4, 0.5) is 0 Å². The zero-order chi connectivity index (χ0) is 20.0. The van der Waals surface area contributed by atoms with E-state index in [1.807, 2.05) is 31.2 Å². The summed E-state index contributed by atoms with van der Waals surface area (Å²) in [5.74, 6) is 0.524. The SMILES string of the molecule is CCOc1ccc(CNC(=O)c2ccc(S(=O)(=O)N3CCCCCC3)s2)cc1. The van der Waals surface area contributed by atoms with Gasteiger partial charge in [0.05, 0.1) is 11.5 Å². The molecule has 2 heterocycles. The van der Waals surface area contributed by atoms with Crippen LogP contribution in [-0.4, -0.2) is 38.3 Å². The van der Waals surface area contributed by atoms with E-state index < -0.39 is 10.0 Å². The van der Waals surface area contributed by atoms with E-state index in [1.165, 1.54) is 6.07 Å². The molecule has 0 bridgehead atoms. The van der Waals surface area contributed by atoms with Crippen molar-refractivity contribution in [3.05, 3.63) is 46.8 Å². The van der Waals surface area contributed by atoms with E-state index in [1.54, 1.807) is 10.4 Å². The van der Waals surface area contributed by atoms with Crippen molar-refractivity contribution in [3.8, 4) is 5.75 Å². The lowest BCUT2D eigenvalue weighted by Crippen LogP contribution is -2.31. The Morgan fingerprint density at radius 3 is 2.39 bits per heavy atom. The second kappa shape index (κ2) is 9.54. The average molecular weight is 423 g/mol. The molecule has 1 N–H and O–H groups in total. The van der Waals surface area contributed by atoms with Crippen LogP contribution in [0, 0.1) is 0 Å². The normalized spacial score (nSPS) is 15.8. The van der Waals surface area contributed by atoms with E-state index in [2.05, 4.69) is 5.32 Å². The van der Waals surface area contributed by atoms with E-state index in [-0.39, 0.29) is 10.1 Å². The zero-order valence-electron chi connectivity index (χ0n) is 16.0. The number of hydrogen-bond acceptors (Lipinski definition) is 5. The number of nitrogens with one attached hydrogen (secondary N) is 1. The fraction of sp³-hybridized carbons (Fsp3) is 0.450. The molecule has 1 fully saturated rings. The minimum atomic E-state index is -3.52. The van der Waals surface area contributed by atoms with Crippen LogP contribution in [0.1, 0.15) is 47.8 Å². The Kier molecular flexibility index (Phi) is 7.09. The molecule has 0 saturated carbocycles. The Labute approximate surface area is 170 Å². The molecule has 1 aliphatic heterocycles. The molecule has 1 aliphatic rings. The van der Waals surface area contributed by atoms with Gasteiger partial charge in [-0.2, -0.15) is 4.31 Å². The molecule has 1 saturated heterocycles. The van der Waals surface area contributed by atoms with Gasteiger partial charge in [0.2, 0.25) is 0 Å². The Bertz CT molecular complexity index is 883. The van der Waals surface area contributed by atoms with Gasteiger partial charge in [0.25, 0.3) is 15.9 Å². The molecule has 8 heteroatoms. The highest BCUT2D eigenvalue weighted by Gasteiger charge is 2.27. The van der Waals surface area contributed by atoms with Crippen LogP contribution in [0.3, 0.4) is 0 Å². The number of rotatable bonds is 7. The van der Waals surface area contributed by atoms with Crippen LogP contribution < -0.4 is 10.1 Å². The summed E-state index contributed by atoms with van der Waals surface area (Å²) in [6.07, 6.45) is 3.91. The van der Waals surface area contributed by atoms with Gasteiger partial charge < -0.3 is 10.1 Å². The molecular weight excluding hydrogens is 396 g/mol. The van der Waals surface area contributed by atoms with Gasteiger partial charge in [-0.3, -0.25) is 4.79 Å². The number of thiophene rings is 1. The maximum atomic E-state index is 12.8. The summed E-state index contributed by atoms with van der Waals surface area (Å²) in [5, 5.41) is 2.84. The second-order valence-electron chi connectivity index (χ2n) is 6.70. The molecule has 0 aliphatic carbocycles. The maximum absolute atomic E-state index is 12.8. The molecule has 1 aromatic heterocycles. The van der Waals surface area contributed by atoms with E-state index in [9.17, 15) is 13.2 Å². The lowest BCUT2D eigenvalue weighted by atomic mass is 10.2. The lowest BCUT2D eigenvalue weighted by molar-refractivity contribution is 0.0955. The number of amides is 1. The number of carbonyl (C=O) groups is 1. The molecule has 2 aromatic rings. The molecule has 0 unspecified atom stereocenters. The fourth-order valence-electron chi connectivity index (χ4n) is 3.13. The van der Waals surface area contributed by atoms with Crippen molar-refractivity contribution >= 4 is 27.3 Å². The van der Waals surface area contributed by atoms with Crippen molar-refractivity contribution in [1.29, 1.82) is 0 Å². The number of sulfonamides is 1. The molecule has 1 amide bonds. The number of ether oxygens (including phenoxy) is 1. The predicted octanol–water partition coefficient (Wildman–Crippen LogP) is 3.64. The number of nitrogens with zero attached hydrogens (tertiary/aromatic N) is 1. The van der Waals surface area contributed by atoms with Crippen LogP contribution in [0.2, 0.25) is 0 Å². The topological polar surface area (TPSA) is 75.7 Å². The monoisotopic (exact) mass is 422 g/mol. The van der Waals surface area contributed by atoms with Gasteiger partial charge in [-0.15, -0.1) is 11.3 Å². The number of hydrogen-bond donors (Lipinski definition) is 1. The van der Waals surface area contributed by atoms with Crippen molar-refractivity contribution < 1.29 is 17.9 Å². The van der Waals surface area contributed by atoms with Gasteiger partial charge >= 0.3 is 0 Å². The third-order valence-electron chi connectivity index (χ3n) is 4.65. The molecule has 3 rings (SSSR count). The second-order valence-corrected chi connectivity index (χ2v) is 9.95. The number of benzene rings is 1. The molecule has 0 spiro atoms. The van der Waals surface area contributed by atoms with E-state index in [4.69, 9.17) is 4.74 Å². The van der Waals surface area contributed by atoms with Crippen molar-refractivity contribution in [2.75, 3.05) is 19.7 Å². The molecule has 0 atom stereocenters. The Morgan fingerprint density at radius 2 is 1.75 bits per heavy atom. The summed E-state index contributed by atoms with van der Waals surface area (Å²) in [5.41, 5.74) is 0.950. The molecular formula is C20H26N2O4S2. The standard InChI is InChI=1S/C20H26N2O4S2/c1-2-26-17-9-7-16(8-10-17)15-21-20(23)18-11-12-19(27-18)28(24,25)22-13-5-3-4-6-14-22/h7-12H,2-6,13-15H2,1H3,(H,21,23). The molecule has 28 heavy (non-hydrogen) atoms. The minimum Gasteiger partial charge on any atom is -0.494 e. The maximum Gasteiger partial charge on any atom is 0.261 e. The summed E-state index contributed by atoms with van der Waals surface area (Å²) in [7, 11) is -3.52. The van der Waals surface area contributed by atoms with E-state index >= 15 is 0 Å². The molecule has 0 radical (unpaired) electrons. The van der Waals surface area contributed by atoms with Crippen LogP contribution in [0.15, 0.2) is 40.6 Å². The summed E-state index contributed by atoms with van der Waals surface area (Å²) in [6, 6.07) is 10.6. The molecule has 152 valence electrons. The summed E-state index contributed by atoms with van der Waals surface area (Å²) in [4.78, 5) is 12.8. The Hall–Kier alpha value is -1.90.